The van der Waals surface area contributed by atoms with E-state index in [1.807, 2.05) is 30.3 Å². The Bertz CT molecular complexity index is 2470. The van der Waals surface area contributed by atoms with Gasteiger partial charge in [-0.25, -0.2) is 9.97 Å². The fraction of sp³-hybridized carbons (Fsp3) is 0. The van der Waals surface area contributed by atoms with E-state index in [1.165, 1.54) is 10.8 Å². The van der Waals surface area contributed by atoms with Crippen molar-refractivity contribution in [3.05, 3.63) is 158 Å². The van der Waals surface area contributed by atoms with Gasteiger partial charge in [-0.05, 0) is 54.6 Å². The SMILES string of the molecule is c1ccc(-n2ccc3ccc4c5cc(-c6nc(-c7ccccc7)c7ccccc7n6)ccc5n(-c5ccccc5)c4c32)cc#1. The molecule has 0 unspecified atom stereocenters. The second-order valence-corrected chi connectivity index (χ2v) is 11.0. The molecule has 0 aliphatic rings. The Morgan fingerprint density at radius 1 is 0.545 bits per heavy atom. The molecule has 0 saturated carbocycles. The van der Waals surface area contributed by atoms with Gasteiger partial charge in [0.05, 0.1) is 33.4 Å². The van der Waals surface area contributed by atoms with Crippen LogP contribution in [0.1, 0.15) is 0 Å². The van der Waals surface area contributed by atoms with Crippen LogP contribution in [0.25, 0.3) is 77.6 Å². The standard InChI is InChI=1S/C40H24N4/c1-4-12-27(13-5-1)37-33-18-10-11-19-35(33)41-40(42-37)29-21-23-36-34(26-29)32-22-20-28-24-25-43(30-14-6-2-7-15-30)38(28)39(32)44(36)31-16-8-3-9-17-31/h1,3-6,8-26H. The molecule has 0 N–H and O–H groups in total. The Kier molecular flexibility index (Phi) is 5.38. The second kappa shape index (κ2) is 9.69. The molecule has 9 aromatic rings. The Labute approximate surface area is 254 Å². The number of rotatable bonds is 4. The highest BCUT2D eigenvalue weighted by Crippen LogP contribution is 2.39. The van der Waals surface area contributed by atoms with Crippen molar-refractivity contribution < 1.29 is 0 Å². The lowest BCUT2D eigenvalue weighted by atomic mass is 10.0. The average Bonchev–Trinajstić information content (AvgIpc) is 3.68. The van der Waals surface area contributed by atoms with Gasteiger partial charge < -0.3 is 9.13 Å². The van der Waals surface area contributed by atoms with Crippen LogP contribution in [0.2, 0.25) is 0 Å². The molecule has 6 aromatic carbocycles. The molecule has 4 nitrogen and oxygen atoms in total. The summed E-state index contributed by atoms with van der Waals surface area (Å²) in [6.45, 7) is 0. The fourth-order valence-electron chi connectivity index (χ4n) is 6.43. The molecule has 44 heavy (non-hydrogen) atoms. The van der Waals surface area contributed by atoms with Crippen LogP contribution in [0.3, 0.4) is 0 Å². The summed E-state index contributed by atoms with van der Waals surface area (Å²) in [6, 6.07) is 54.6. The van der Waals surface area contributed by atoms with Gasteiger partial charge >= 0.3 is 0 Å². The lowest BCUT2D eigenvalue weighted by Gasteiger charge is -2.11. The molecular formula is C40H24N4. The number of hydrogen-bond acceptors (Lipinski definition) is 2. The van der Waals surface area contributed by atoms with Crippen LogP contribution in [0.15, 0.2) is 146 Å². The van der Waals surface area contributed by atoms with Gasteiger partial charge in [0.2, 0.25) is 0 Å². The van der Waals surface area contributed by atoms with Gasteiger partial charge in [0.15, 0.2) is 5.82 Å². The first-order valence-electron chi connectivity index (χ1n) is 14.7. The minimum atomic E-state index is 0.714. The van der Waals surface area contributed by atoms with Gasteiger partial charge in [-0.2, -0.15) is 0 Å². The molecule has 0 bridgehead atoms. The number of fused-ring (bicyclic) bond motifs is 6. The molecule has 0 amide bonds. The first-order valence-corrected chi connectivity index (χ1v) is 14.7. The van der Waals surface area contributed by atoms with Crippen LogP contribution < -0.4 is 0 Å². The van der Waals surface area contributed by atoms with E-state index in [2.05, 4.69) is 137 Å². The van der Waals surface area contributed by atoms with Gasteiger partial charge in [-0.3, -0.25) is 0 Å². The molecule has 0 aliphatic carbocycles. The normalized spacial score (nSPS) is 11.5. The highest BCUT2D eigenvalue weighted by Gasteiger charge is 2.19. The quantitative estimate of drug-likeness (QED) is 0.215. The zero-order chi connectivity index (χ0) is 29.0. The number of aromatic nitrogens is 4. The predicted molar refractivity (Wildman–Crippen MR) is 179 cm³/mol. The first kappa shape index (κ1) is 24.4. The monoisotopic (exact) mass is 560 g/mol. The summed E-state index contributed by atoms with van der Waals surface area (Å²) in [6.07, 6.45) is 2.14. The largest absolute Gasteiger partial charge is 0.314 e. The summed E-state index contributed by atoms with van der Waals surface area (Å²) in [5.74, 6) is 0.714. The van der Waals surface area contributed by atoms with Gasteiger partial charge in [0, 0.05) is 50.6 Å². The van der Waals surface area contributed by atoms with E-state index in [-0.39, 0.29) is 0 Å². The maximum absolute atomic E-state index is 5.16. The molecule has 9 rings (SSSR count). The Hall–Kier alpha value is -6.18. The molecule has 0 saturated heterocycles. The van der Waals surface area contributed by atoms with Gasteiger partial charge in [0.1, 0.15) is 0 Å². The van der Waals surface area contributed by atoms with Crippen molar-refractivity contribution in [2.24, 2.45) is 0 Å². The number of hydrogen-bond donors (Lipinski definition) is 0. The van der Waals surface area contributed by atoms with E-state index in [0.717, 1.165) is 61.0 Å². The van der Waals surface area contributed by atoms with E-state index in [9.17, 15) is 0 Å². The van der Waals surface area contributed by atoms with Crippen molar-refractivity contribution in [1.29, 1.82) is 0 Å². The summed E-state index contributed by atoms with van der Waals surface area (Å²) in [5, 5.41) is 4.55. The lowest BCUT2D eigenvalue weighted by molar-refractivity contribution is 1.12. The predicted octanol–water partition coefficient (Wildman–Crippen LogP) is 9.61. The van der Waals surface area contributed by atoms with Crippen LogP contribution in [0.5, 0.6) is 0 Å². The van der Waals surface area contributed by atoms with Gasteiger partial charge in [-0.1, -0.05) is 91.0 Å². The lowest BCUT2D eigenvalue weighted by Crippen LogP contribution is -1.97. The average molecular weight is 561 g/mol. The van der Waals surface area contributed by atoms with Crippen molar-refractivity contribution in [3.8, 4) is 34.0 Å². The van der Waals surface area contributed by atoms with Crippen molar-refractivity contribution in [1.82, 2.24) is 19.1 Å². The molecule has 3 heterocycles. The van der Waals surface area contributed by atoms with Crippen LogP contribution in [0.4, 0.5) is 0 Å². The van der Waals surface area contributed by atoms with Crippen molar-refractivity contribution in [2.75, 3.05) is 0 Å². The maximum Gasteiger partial charge on any atom is 0.160 e. The topological polar surface area (TPSA) is 35.6 Å². The minimum Gasteiger partial charge on any atom is -0.314 e. The van der Waals surface area contributed by atoms with Crippen LogP contribution in [-0.4, -0.2) is 19.1 Å². The van der Waals surface area contributed by atoms with Crippen molar-refractivity contribution in [2.45, 2.75) is 0 Å². The summed E-state index contributed by atoms with van der Waals surface area (Å²) in [5.41, 5.74) is 9.53. The smallest absolute Gasteiger partial charge is 0.160 e. The molecule has 3 aromatic heterocycles. The third kappa shape index (κ3) is 3.74. The third-order valence-corrected chi connectivity index (χ3v) is 8.42. The Balaban J connectivity index is 1.35. The van der Waals surface area contributed by atoms with Gasteiger partial charge in [-0.15, -0.1) is 0 Å². The van der Waals surface area contributed by atoms with E-state index in [1.54, 1.807) is 0 Å². The molecule has 0 aliphatic heterocycles. The minimum absolute atomic E-state index is 0.714. The molecule has 0 radical (unpaired) electrons. The summed E-state index contributed by atoms with van der Waals surface area (Å²) >= 11 is 0. The fourth-order valence-corrected chi connectivity index (χ4v) is 6.43. The number of nitrogens with zero attached hydrogens (tertiary/aromatic N) is 4. The van der Waals surface area contributed by atoms with E-state index >= 15 is 0 Å². The van der Waals surface area contributed by atoms with E-state index in [4.69, 9.17) is 9.97 Å². The summed E-state index contributed by atoms with van der Waals surface area (Å²) < 4.78 is 4.63. The highest BCUT2D eigenvalue weighted by atomic mass is 15.0. The maximum atomic E-state index is 5.16. The van der Waals surface area contributed by atoms with E-state index < -0.39 is 0 Å². The number of para-hydroxylation sites is 2. The molecule has 0 fully saturated rings. The van der Waals surface area contributed by atoms with Crippen molar-refractivity contribution in [3.63, 3.8) is 0 Å². The highest BCUT2D eigenvalue weighted by molar-refractivity contribution is 6.18. The second-order valence-electron chi connectivity index (χ2n) is 11.0. The zero-order valence-corrected chi connectivity index (χ0v) is 23.6. The van der Waals surface area contributed by atoms with Crippen LogP contribution in [-0.2, 0) is 0 Å². The number of benzene rings is 5. The summed E-state index contributed by atoms with van der Waals surface area (Å²) in [4.78, 5) is 10.2. The zero-order valence-electron chi connectivity index (χ0n) is 23.6. The Morgan fingerprint density at radius 2 is 1.36 bits per heavy atom. The van der Waals surface area contributed by atoms with Crippen LogP contribution in [0, 0.1) is 12.1 Å². The van der Waals surface area contributed by atoms with Crippen LogP contribution >= 0.6 is 0 Å². The van der Waals surface area contributed by atoms with Gasteiger partial charge in [0.25, 0.3) is 0 Å². The first-order chi connectivity index (χ1) is 21.8. The molecular weight excluding hydrogens is 536 g/mol. The molecule has 0 atom stereocenters. The molecule has 0 spiro atoms. The Morgan fingerprint density at radius 3 is 2.20 bits per heavy atom. The third-order valence-electron chi connectivity index (χ3n) is 8.42. The van der Waals surface area contributed by atoms with Crippen molar-refractivity contribution >= 4 is 43.6 Å². The molecule has 4 heteroatoms. The molecule has 204 valence electrons. The van der Waals surface area contributed by atoms with E-state index in [0.29, 0.717) is 5.82 Å². The summed E-state index contributed by atoms with van der Waals surface area (Å²) in [7, 11) is 0.